The van der Waals surface area contributed by atoms with Gasteiger partial charge in [-0.2, -0.15) is 0 Å². The summed E-state index contributed by atoms with van der Waals surface area (Å²) in [5, 5.41) is 8.62. The summed E-state index contributed by atoms with van der Waals surface area (Å²) in [6, 6.07) is 15.9. The molecule has 2 amide bonds. The summed E-state index contributed by atoms with van der Waals surface area (Å²) >= 11 is 1.33. The summed E-state index contributed by atoms with van der Waals surface area (Å²) in [6.07, 6.45) is 2.22. The van der Waals surface area contributed by atoms with Gasteiger partial charge >= 0.3 is 0 Å². The Hall–Kier alpha value is -3.78. The molecule has 0 aliphatic carbocycles. The molecule has 0 unspecified atom stereocenters. The Balaban J connectivity index is 1.39. The summed E-state index contributed by atoms with van der Waals surface area (Å²) in [4.78, 5) is 29.6. The van der Waals surface area contributed by atoms with Gasteiger partial charge in [0.15, 0.2) is 11.5 Å². The first-order chi connectivity index (χ1) is 15.2. The number of aromatic nitrogens is 1. The van der Waals surface area contributed by atoms with Crippen molar-refractivity contribution in [2.75, 3.05) is 12.1 Å². The van der Waals surface area contributed by atoms with Crippen LogP contribution >= 0.6 is 11.3 Å². The number of benzene rings is 2. The van der Waals surface area contributed by atoms with Crippen LogP contribution < -0.4 is 20.1 Å². The number of carbonyl (C=O) groups is 2. The van der Waals surface area contributed by atoms with Crippen LogP contribution in [0.5, 0.6) is 11.5 Å². The van der Waals surface area contributed by atoms with Crippen LogP contribution in [0.1, 0.15) is 15.2 Å². The minimum Gasteiger partial charge on any atom is -0.454 e. The fourth-order valence-corrected chi connectivity index (χ4v) is 4.20. The summed E-state index contributed by atoms with van der Waals surface area (Å²) in [7, 11) is 0. The summed E-state index contributed by atoms with van der Waals surface area (Å²) in [5.41, 5.74) is 2.51. The first kappa shape index (κ1) is 19.2. The normalized spacial score (nSPS) is 13.2. The SMILES string of the molecule is O=C(N[C@@H](Cc1c[nH]c2ccccc12)C(=O)Nc1ccc2c(c1)OCO2)c1cccs1. The number of hydrogen-bond acceptors (Lipinski definition) is 5. The molecule has 0 saturated carbocycles. The van der Waals surface area contributed by atoms with Gasteiger partial charge in [-0.3, -0.25) is 9.59 Å². The number of para-hydroxylation sites is 1. The van der Waals surface area contributed by atoms with Crippen LogP contribution in [-0.2, 0) is 11.2 Å². The van der Waals surface area contributed by atoms with Crippen molar-refractivity contribution in [2.24, 2.45) is 0 Å². The van der Waals surface area contributed by atoms with Crippen molar-refractivity contribution in [1.29, 1.82) is 0 Å². The number of H-pyrrole nitrogens is 1. The van der Waals surface area contributed by atoms with E-state index in [0.29, 0.717) is 28.5 Å². The molecule has 1 aliphatic heterocycles. The van der Waals surface area contributed by atoms with Gasteiger partial charge in [0.2, 0.25) is 12.7 Å². The summed E-state index contributed by atoms with van der Waals surface area (Å²) < 4.78 is 10.7. The number of hydrogen-bond donors (Lipinski definition) is 3. The molecule has 8 heteroatoms. The van der Waals surface area contributed by atoms with Crippen LogP contribution in [0.3, 0.4) is 0 Å². The standard InChI is InChI=1S/C23H19N3O4S/c27-22(25-15-7-8-19-20(11-15)30-13-29-19)18(26-23(28)21-6-3-9-31-21)10-14-12-24-17-5-2-1-4-16(14)17/h1-9,11-12,18,24H,10,13H2,(H,25,27)(H,26,28)/t18-/m0/s1. The highest BCUT2D eigenvalue weighted by atomic mass is 32.1. The zero-order valence-electron chi connectivity index (χ0n) is 16.4. The van der Waals surface area contributed by atoms with Gasteiger partial charge in [0.05, 0.1) is 4.88 Å². The molecular weight excluding hydrogens is 414 g/mol. The number of aromatic amines is 1. The molecule has 2 aromatic heterocycles. The van der Waals surface area contributed by atoms with Gasteiger partial charge in [0, 0.05) is 35.3 Å². The number of ether oxygens (including phenoxy) is 2. The van der Waals surface area contributed by atoms with E-state index >= 15 is 0 Å². The van der Waals surface area contributed by atoms with Gasteiger partial charge < -0.3 is 25.1 Å². The molecule has 0 fully saturated rings. The summed E-state index contributed by atoms with van der Waals surface area (Å²) in [6.45, 7) is 0.160. The van der Waals surface area contributed by atoms with Crippen LogP contribution in [0.15, 0.2) is 66.2 Å². The van der Waals surface area contributed by atoms with Gasteiger partial charge in [0.1, 0.15) is 6.04 Å². The van der Waals surface area contributed by atoms with Crippen molar-refractivity contribution >= 4 is 39.7 Å². The minimum atomic E-state index is -0.765. The highest BCUT2D eigenvalue weighted by Crippen LogP contribution is 2.34. The lowest BCUT2D eigenvalue weighted by Crippen LogP contribution is -2.45. The fourth-order valence-electron chi connectivity index (χ4n) is 3.57. The fraction of sp³-hybridized carbons (Fsp3) is 0.130. The van der Waals surface area contributed by atoms with E-state index in [9.17, 15) is 9.59 Å². The largest absolute Gasteiger partial charge is 0.454 e. The Kier molecular flexibility index (Phi) is 5.05. The molecule has 0 radical (unpaired) electrons. The Morgan fingerprint density at radius 3 is 2.81 bits per heavy atom. The molecule has 2 aromatic carbocycles. The van der Waals surface area contributed by atoms with E-state index in [4.69, 9.17) is 9.47 Å². The Morgan fingerprint density at radius 1 is 1.06 bits per heavy atom. The Bertz CT molecular complexity index is 1250. The predicted octanol–water partition coefficient (Wildman–Crippen LogP) is 3.94. The quantitative estimate of drug-likeness (QED) is 0.430. The highest BCUT2D eigenvalue weighted by Gasteiger charge is 2.24. The lowest BCUT2D eigenvalue weighted by Gasteiger charge is -2.18. The third kappa shape index (κ3) is 3.97. The van der Waals surface area contributed by atoms with Crippen molar-refractivity contribution < 1.29 is 19.1 Å². The van der Waals surface area contributed by atoms with Crippen molar-refractivity contribution in [3.8, 4) is 11.5 Å². The highest BCUT2D eigenvalue weighted by molar-refractivity contribution is 7.12. The van der Waals surface area contributed by atoms with E-state index in [-0.39, 0.29) is 18.6 Å². The van der Waals surface area contributed by atoms with E-state index in [2.05, 4.69) is 15.6 Å². The van der Waals surface area contributed by atoms with Crippen LogP contribution in [0.2, 0.25) is 0 Å². The number of nitrogens with one attached hydrogen (secondary N) is 3. The molecule has 156 valence electrons. The second-order valence-corrected chi connectivity index (χ2v) is 8.07. The molecule has 4 aromatic rings. The van der Waals surface area contributed by atoms with E-state index in [1.807, 2.05) is 35.8 Å². The minimum absolute atomic E-state index is 0.160. The molecule has 3 heterocycles. The Labute approximate surface area is 182 Å². The molecule has 1 aliphatic rings. The number of anilines is 1. The van der Waals surface area contributed by atoms with Crippen LogP contribution in [-0.4, -0.2) is 29.6 Å². The zero-order chi connectivity index (χ0) is 21.2. The van der Waals surface area contributed by atoms with Gasteiger partial charge in [-0.05, 0) is 35.2 Å². The monoisotopic (exact) mass is 433 g/mol. The van der Waals surface area contributed by atoms with Gasteiger partial charge in [-0.25, -0.2) is 0 Å². The topological polar surface area (TPSA) is 92.5 Å². The number of fused-ring (bicyclic) bond motifs is 2. The van der Waals surface area contributed by atoms with Gasteiger partial charge in [0.25, 0.3) is 5.91 Å². The molecule has 0 bridgehead atoms. The maximum Gasteiger partial charge on any atom is 0.262 e. The smallest absolute Gasteiger partial charge is 0.262 e. The predicted molar refractivity (Wildman–Crippen MR) is 119 cm³/mol. The van der Waals surface area contributed by atoms with E-state index < -0.39 is 6.04 Å². The van der Waals surface area contributed by atoms with Crippen LogP contribution in [0, 0.1) is 0 Å². The van der Waals surface area contributed by atoms with Crippen LogP contribution in [0.4, 0.5) is 5.69 Å². The van der Waals surface area contributed by atoms with Crippen molar-refractivity contribution in [3.63, 3.8) is 0 Å². The second kappa shape index (κ2) is 8.16. The zero-order valence-corrected chi connectivity index (χ0v) is 17.2. The molecule has 0 spiro atoms. The van der Waals surface area contributed by atoms with Crippen molar-refractivity contribution in [1.82, 2.24) is 10.3 Å². The number of carbonyl (C=O) groups excluding carboxylic acids is 2. The lowest BCUT2D eigenvalue weighted by atomic mass is 10.0. The van der Waals surface area contributed by atoms with Crippen LogP contribution in [0.25, 0.3) is 10.9 Å². The maximum absolute atomic E-state index is 13.2. The second-order valence-electron chi connectivity index (χ2n) is 7.12. The number of thiophene rings is 1. The lowest BCUT2D eigenvalue weighted by molar-refractivity contribution is -0.118. The van der Waals surface area contributed by atoms with E-state index in [1.54, 1.807) is 30.3 Å². The van der Waals surface area contributed by atoms with E-state index in [0.717, 1.165) is 16.5 Å². The Morgan fingerprint density at radius 2 is 1.94 bits per heavy atom. The molecular formula is C23H19N3O4S. The third-order valence-electron chi connectivity index (χ3n) is 5.11. The molecule has 7 nitrogen and oxygen atoms in total. The number of rotatable bonds is 6. The molecule has 31 heavy (non-hydrogen) atoms. The number of amides is 2. The molecule has 0 saturated heterocycles. The average Bonchev–Trinajstić information content (AvgIpc) is 3.54. The van der Waals surface area contributed by atoms with Crippen molar-refractivity contribution in [2.45, 2.75) is 12.5 Å². The molecule has 1 atom stereocenters. The molecule has 3 N–H and O–H groups in total. The maximum atomic E-state index is 13.2. The first-order valence-corrected chi connectivity index (χ1v) is 10.7. The van der Waals surface area contributed by atoms with E-state index in [1.165, 1.54) is 11.3 Å². The first-order valence-electron chi connectivity index (χ1n) is 9.77. The van der Waals surface area contributed by atoms with Gasteiger partial charge in [-0.15, -0.1) is 11.3 Å². The van der Waals surface area contributed by atoms with Gasteiger partial charge in [-0.1, -0.05) is 24.3 Å². The van der Waals surface area contributed by atoms with Crippen molar-refractivity contribution in [3.05, 3.63) is 76.6 Å². The third-order valence-corrected chi connectivity index (χ3v) is 5.97. The average molecular weight is 433 g/mol. The summed E-state index contributed by atoms with van der Waals surface area (Å²) in [5.74, 6) is 0.627. The molecule has 5 rings (SSSR count).